The van der Waals surface area contributed by atoms with Crippen molar-refractivity contribution in [1.29, 1.82) is 5.26 Å². The number of nitrogens with zero attached hydrogens (tertiary/aromatic N) is 2. The van der Waals surface area contributed by atoms with Gasteiger partial charge in [0.2, 0.25) is 5.91 Å². The quantitative estimate of drug-likeness (QED) is 0.819. The number of carbonyl (C=O) groups is 1. The van der Waals surface area contributed by atoms with E-state index in [1.165, 1.54) is 0 Å². The lowest BCUT2D eigenvalue weighted by atomic mass is 10.0. The number of amides is 1. The van der Waals surface area contributed by atoms with Gasteiger partial charge in [0.1, 0.15) is 6.04 Å². The van der Waals surface area contributed by atoms with Gasteiger partial charge >= 0.3 is 0 Å². The zero-order valence-electron chi connectivity index (χ0n) is 11.4. The molecule has 1 amide bonds. The number of likely N-dealkylation sites (N-methyl/N-ethyl adjacent to an activating group) is 1. The van der Waals surface area contributed by atoms with E-state index in [9.17, 15) is 9.90 Å². The highest BCUT2D eigenvalue weighted by molar-refractivity contribution is 5.81. The molecule has 3 N–H and O–H groups in total. The van der Waals surface area contributed by atoms with Gasteiger partial charge in [0, 0.05) is 6.54 Å². The normalized spacial score (nSPS) is 13.1. The molecule has 0 aliphatic heterocycles. The van der Waals surface area contributed by atoms with Crippen LogP contribution in [0.25, 0.3) is 0 Å². The van der Waals surface area contributed by atoms with Crippen molar-refractivity contribution < 1.29 is 9.90 Å². The van der Waals surface area contributed by atoms with Crippen LogP contribution in [-0.4, -0.2) is 35.1 Å². The fourth-order valence-corrected chi connectivity index (χ4v) is 2.08. The van der Waals surface area contributed by atoms with Gasteiger partial charge in [0.05, 0.1) is 17.2 Å². The number of carbonyl (C=O) groups excluding carboxylic acids is 1. The summed E-state index contributed by atoms with van der Waals surface area (Å²) < 4.78 is 0. The van der Waals surface area contributed by atoms with Crippen molar-refractivity contribution in [1.82, 2.24) is 4.90 Å². The van der Waals surface area contributed by atoms with E-state index in [2.05, 4.69) is 0 Å². The van der Waals surface area contributed by atoms with Crippen LogP contribution in [-0.2, 0) is 4.79 Å². The molecule has 0 saturated heterocycles. The van der Waals surface area contributed by atoms with Crippen molar-refractivity contribution in [2.75, 3.05) is 13.6 Å². The van der Waals surface area contributed by atoms with Gasteiger partial charge in [-0.3, -0.25) is 9.69 Å². The standard InChI is InChI=1S/C14H19N3O2/c1-14(2,19)9-17(3)12(13(16)18)11-6-4-10(8-15)5-7-11/h4-7,12,19H,9H2,1-3H3,(H2,16,18). The van der Waals surface area contributed by atoms with E-state index in [1.807, 2.05) is 6.07 Å². The van der Waals surface area contributed by atoms with Crippen LogP contribution in [0.3, 0.4) is 0 Å². The average Bonchev–Trinajstić information content (AvgIpc) is 2.27. The van der Waals surface area contributed by atoms with Crippen LogP contribution in [0.2, 0.25) is 0 Å². The van der Waals surface area contributed by atoms with Crippen molar-refractivity contribution in [2.24, 2.45) is 5.73 Å². The van der Waals surface area contributed by atoms with Crippen molar-refractivity contribution in [3.63, 3.8) is 0 Å². The minimum Gasteiger partial charge on any atom is -0.389 e. The molecule has 0 bridgehead atoms. The Kier molecular flexibility index (Phi) is 4.65. The van der Waals surface area contributed by atoms with E-state index in [4.69, 9.17) is 11.0 Å². The summed E-state index contributed by atoms with van der Waals surface area (Å²) in [5, 5.41) is 18.6. The third-order valence-electron chi connectivity index (χ3n) is 2.70. The second-order valence-electron chi connectivity index (χ2n) is 5.27. The van der Waals surface area contributed by atoms with Crippen LogP contribution < -0.4 is 5.73 Å². The molecule has 0 radical (unpaired) electrons. The predicted molar refractivity (Wildman–Crippen MR) is 72.0 cm³/mol. The lowest BCUT2D eigenvalue weighted by Gasteiger charge is -2.31. The minimum atomic E-state index is -0.922. The van der Waals surface area contributed by atoms with Crippen molar-refractivity contribution in [3.05, 3.63) is 35.4 Å². The van der Waals surface area contributed by atoms with Gasteiger partial charge in [0.25, 0.3) is 0 Å². The molecule has 0 aliphatic rings. The maximum atomic E-state index is 11.6. The fraction of sp³-hybridized carbons (Fsp3) is 0.429. The summed E-state index contributed by atoms with van der Waals surface area (Å²) in [7, 11) is 1.73. The largest absolute Gasteiger partial charge is 0.389 e. The molecule has 5 nitrogen and oxygen atoms in total. The molecule has 0 heterocycles. The number of nitriles is 1. The van der Waals surface area contributed by atoms with Crippen LogP contribution in [0.1, 0.15) is 31.0 Å². The molecule has 1 unspecified atom stereocenters. The summed E-state index contributed by atoms with van der Waals surface area (Å²) in [5.74, 6) is -0.489. The molecular weight excluding hydrogens is 242 g/mol. The zero-order valence-corrected chi connectivity index (χ0v) is 11.4. The molecule has 0 aromatic heterocycles. The third-order valence-corrected chi connectivity index (χ3v) is 2.70. The first-order valence-corrected chi connectivity index (χ1v) is 5.96. The zero-order chi connectivity index (χ0) is 14.6. The van der Waals surface area contributed by atoms with Gasteiger partial charge in [-0.1, -0.05) is 12.1 Å². The Balaban J connectivity index is 3.00. The van der Waals surface area contributed by atoms with Crippen LogP contribution >= 0.6 is 0 Å². The molecule has 0 fully saturated rings. The monoisotopic (exact) mass is 261 g/mol. The molecular formula is C14H19N3O2. The second kappa shape index (κ2) is 5.83. The maximum Gasteiger partial charge on any atom is 0.239 e. The molecule has 1 atom stereocenters. The van der Waals surface area contributed by atoms with Gasteiger partial charge < -0.3 is 10.8 Å². The summed E-state index contributed by atoms with van der Waals surface area (Å²) in [4.78, 5) is 13.3. The summed E-state index contributed by atoms with van der Waals surface area (Å²) in [5.41, 5.74) is 5.74. The van der Waals surface area contributed by atoms with Gasteiger partial charge in [-0.05, 0) is 38.6 Å². The number of nitrogens with two attached hydrogens (primary N) is 1. The molecule has 0 saturated carbocycles. The Bertz CT molecular complexity index is 483. The van der Waals surface area contributed by atoms with Gasteiger partial charge in [-0.15, -0.1) is 0 Å². The molecule has 1 aromatic rings. The van der Waals surface area contributed by atoms with Gasteiger partial charge in [-0.25, -0.2) is 0 Å². The summed E-state index contributed by atoms with van der Waals surface area (Å²) in [6.45, 7) is 3.64. The number of primary amides is 1. The molecule has 0 spiro atoms. The first-order chi connectivity index (χ1) is 8.74. The van der Waals surface area contributed by atoms with E-state index in [0.29, 0.717) is 17.7 Å². The van der Waals surface area contributed by atoms with Gasteiger partial charge in [-0.2, -0.15) is 5.26 Å². The Hall–Kier alpha value is -1.90. The van der Waals surface area contributed by atoms with Crippen molar-refractivity contribution in [2.45, 2.75) is 25.5 Å². The molecule has 0 aliphatic carbocycles. The highest BCUT2D eigenvalue weighted by Crippen LogP contribution is 2.21. The lowest BCUT2D eigenvalue weighted by molar-refractivity contribution is -0.123. The Morgan fingerprint density at radius 1 is 1.47 bits per heavy atom. The molecule has 1 rings (SSSR count). The third kappa shape index (κ3) is 4.36. The lowest BCUT2D eigenvalue weighted by Crippen LogP contribution is -2.42. The number of hydrogen-bond acceptors (Lipinski definition) is 4. The van der Waals surface area contributed by atoms with E-state index >= 15 is 0 Å². The number of rotatable bonds is 5. The maximum absolute atomic E-state index is 11.6. The average molecular weight is 261 g/mol. The Morgan fingerprint density at radius 3 is 2.37 bits per heavy atom. The number of aliphatic hydroxyl groups is 1. The van der Waals surface area contributed by atoms with Crippen LogP contribution in [0.15, 0.2) is 24.3 Å². The Labute approximate surface area is 113 Å². The van der Waals surface area contributed by atoms with Crippen LogP contribution in [0.5, 0.6) is 0 Å². The molecule has 5 heteroatoms. The molecule has 102 valence electrons. The fourth-order valence-electron chi connectivity index (χ4n) is 2.08. The first-order valence-electron chi connectivity index (χ1n) is 5.96. The predicted octanol–water partition coefficient (Wildman–Crippen LogP) is 0.787. The first kappa shape index (κ1) is 15.2. The minimum absolute atomic E-state index is 0.306. The number of hydrogen-bond donors (Lipinski definition) is 2. The van der Waals surface area contributed by atoms with E-state index < -0.39 is 17.6 Å². The SMILES string of the molecule is CN(CC(C)(C)O)C(C(N)=O)c1ccc(C#N)cc1. The van der Waals surface area contributed by atoms with E-state index in [0.717, 1.165) is 0 Å². The van der Waals surface area contributed by atoms with E-state index in [-0.39, 0.29) is 0 Å². The highest BCUT2D eigenvalue weighted by atomic mass is 16.3. The number of benzene rings is 1. The topological polar surface area (TPSA) is 90.3 Å². The van der Waals surface area contributed by atoms with Gasteiger partial charge in [0.15, 0.2) is 0 Å². The van der Waals surface area contributed by atoms with Crippen LogP contribution in [0.4, 0.5) is 0 Å². The molecule has 19 heavy (non-hydrogen) atoms. The van der Waals surface area contributed by atoms with Crippen molar-refractivity contribution in [3.8, 4) is 6.07 Å². The smallest absolute Gasteiger partial charge is 0.239 e. The second-order valence-corrected chi connectivity index (χ2v) is 5.27. The summed E-state index contributed by atoms with van der Waals surface area (Å²) in [6.07, 6.45) is 0. The van der Waals surface area contributed by atoms with Crippen LogP contribution in [0, 0.1) is 11.3 Å². The van der Waals surface area contributed by atoms with Crippen molar-refractivity contribution >= 4 is 5.91 Å². The summed E-state index contributed by atoms with van der Waals surface area (Å²) >= 11 is 0. The van der Waals surface area contributed by atoms with E-state index in [1.54, 1.807) is 50.1 Å². The molecule has 1 aromatic carbocycles. The highest BCUT2D eigenvalue weighted by Gasteiger charge is 2.27. The summed E-state index contributed by atoms with van der Waals surface area (Å²) in [6, 6.07) is 8.08. The Morgan fingerprint density at radius 2 is 2.00 bits per heavy atom.